The predicted molar refractivity (Wildman–Crippen MR) is 107 cm³/mol. The van der Waals surface area contributed by atoms with Crippen LogP contribution in [0.1, 0.15) is 24.0 Å². The van der Waals surface area contributed by atoms with Gasteiger partial charge in [-0.25, -0.2) is 4.79 Å². The fourth-order valence-electron chi connectivity index (χ4n) is 2.68. The van der Waals surface area contributed by atoms with Gasteiger partial charge in [-0.15, -0.1) is 11.6 Å². The molecule has 2 aromatic carbocycles. The number of anilines is 1. The number of fused-ring (bicyclic) bond motifs is 1. The Morgan fingerprint density at radius 2 is 1.93 bits per heavy atom. The number of nitrogens with zero attached hydrogens (tertiary/aromatic N) is 2. The summed E-state index contributed by atoms with van der Waals surface area (Å²) in [7, 11) is 0. The third kappa shape index (κ3) is 4.43. The molecule has 0 spiro atoms. The molecule has 0 saturated carbocycles. The minimum absolute atomic E-state index is 0.0786. The summed E-state index contributed by atoms with van der Waals surface area (Å²) in [6, 6.07) is 12.3. The highest BCUT2D eigenvalue weighted by molar-refractivity contribution is 6.54. The number of hydrogen-bond donors (Lipinski definition) is 0. The zero-order valence-corrected chi connectivity index (χ0v) is 16.4. The van der Waals surface area contributed by atoms with E-state index in [4.69, 9.17) is 39.6 Å². The summed E-state index contributed by atoms with van der Waals surface area (Å²) in [6.45, 7) is 0.241. The molecule has 1 aliphatic heterocycles. The second kappa shape index (κ2) is 8.74. The number of amides is 1. The maximum absolute atomic E-state index is 12.9. The predicted octanol–water partition coefficient (Wildman–Crippen LogP) is 4.81. The molecule has 140 valence electrons. The van der Waals surface area contributed by atoms with E-state index in [9.17, 15) is 9.59 Å². The van der Waals surface area contributed by atoms with Gasteiger partial charge in [-0.1, -0.05) is 52.6 Å². The minimum atomic E-state index is -0.535. The van der Waals surface area contributed by atoms with Crippen LogP contribution in [0.3, 0.4) is 0 Å². The summed E-state index contributed by atoms with van der Waals surface area (Å²) in [5.41, 5.74) is 2.08. The van der Waals surface area contributed by atoms with Gasteiger partial charge in [0.2, 0.25) is 0 Å². The molecule has 0 aromatic heterocycles. The second-order valence-corrected chi connectivity index (χ2v) is 7.06. The lowest BCUT2D eigenvalue weighted by Gasteiger charge is -2.17. The maximum Gasteiger partial charge on any atom is 0.335 e. The number of oxime groups is 1. The number of halogens is 3. The van der Waals surface area contributed by atoms with E-state index in [-0.39, 0.29) is 24.6 Å². The Morgan fingerprint density at radius 1 is 1.15 bits per heavy atom. The Balaban J connectivity index is 1.87. The first-order chi connectivity index (χ1) is 13.0. The third-order valence-corrected chi connectivity index (χ3v) is 4.85. The molecule has 0 aliphatic carbocycles. The SMILES string of the molecule is O=C(CCCCl)O/N=C1\C(=O)N(Cc2ccc(Cl)cc2Cl)c2ccccc21. The lowest BCUT2D eigenvalue weighted by Crippen LogP contribution is -2.30. The van der Waals surface area contributed by atoms with Gasteiger partial charge in [0.1, 0.15) is 0 Å². The van der Waals surface area contributed by atoms with Crippen LogP contribution in [-0.2, 0) is 21.0 Å². The summed E-state index contributed by atoms with van der Waals surface area (Å²) < 4.78 is 0. The highest BCUT2D eigenvalue weighted by atomic mass is 35.5. The number of hydrogen-bond acceptors (Lipinski definition) is 4. The number of alkyl halides is 1. The summed E-state index contributed by atoms with van der Waals surface area (Å²) >= 11 is 17.7. The van der Waals surface area contributed by atoms with Crippen molar-refractivity contribution >= 4 is 58.1 Å². The molecule has 2 aromatic rings. The van der Waals surface area contributed by atoms with Gasteiger partial charge >= 0.3 is 5.97 Å². The summed E-state index contributed by atoms with van der Waals surface area (Å²) in [4.78, 5) is 31.0. The Labute approximate surface area is 171 Å². The van der Waals surface area contributed by atoms with E-state index in [0.29, 0.717) is 33.6 Å². The number of benzene rings is 2. The largest absolute Gasteiger partial charge is 0.335 e. The average Bonchev–Trinajstić information content (AvgIpc) is 2.92. The molecule has 0 radical (unpaired) electrons. The van der Waals surface area contributed by atoms with E-state index < -0.39 is 5.97 Å². The van der Waals surface area contributed by atoms with Crippen LogP contribution in [0.2, 0.25) is 10.0 Å². The van der Waals surface area contributed by atoms with Crippen molar-refractivity contribution in [3.05, 3.63) is 63.6 Å². The topological polar surface area (TPSA) is 59.0 Å². The number of rotatable bonds is 6. The van der Waals surface area contributed by atoms with Crippen molar-refractivity contribution in [1.29, 1.82) is 0 Å². The van der Waals surface area contributed by atoms with Crippen LogP contribution in [0, 0.1) is 0 Å². The first-order valence-electron chi connectivity index (χ1n) is 8.20. The molecular weight excluding hydrogens is 411 g/mol. The van der Waals surface area contributed by atoms with Gasteiger partial charge < -0.3 is 9.74 Å². The summed E-state index contributed by atoms with van der Waals surface area (Å²) in [5.74, 6) is -0.553. The molecule has 3 rings (SSSR count). The van der Waals surface area contributed by atoms with E-state index in [1.54, 1.807) is 36.4 Å². The number of carbonyl (C=O) groups excluding carboxylic acids is 2. The summed E-state index contributed by atoms with van der Waals surface area (Å²) in [6.07, 6.45) is 0.622. The first-order valence-corrected chi connectivity index (χ1v) is 9.49. The van der Waals surface area contributed by atoms with Gasteiger partial charge in [-0.05, 0) is 30.2 Å². The lowest BCUT2D eigenvalue weighted by molar-refractivity contribution is -0.143. The lowest BCUT2D eigenvalue weighted by atomic mass is 10.1. The fraction of sp³-hybridized carbons (Fsp3) is 0.211. The van der Waals surface area contributed by atoms with Crippen molar-refractivity contribution < 1.29 is 14.4 Å². The van der Waals surface area contributed by atoms with E-state index in [1.165, 1.54) is 4.90 Å². The van der Waals surface area contributed by atoms with Gasteiger partial charge in [-0.2, -0.15) is 0 Å². The van der Waals surface area contributed by atoms with Crippen molar-refractivity contribution in [2.24, 2.45) is 5.16 Å². The first kappa shape index (κ1) is 19.7. The monoisotopic (exact) mass is 424 g/mol. The standard InChI is InChI=1S/C19H15Cl3N2O3/c20-9-3-6-17(25)27-23-18-14-4-1-2-5-16(14)24(19(18)26)11-12-7-8-13(21)10-15(12)22/h1-2,4-5,7-8,10H,3,6,9,11H2/b23-18-. The Hall–Kier alpha value is -2.08. The van der Waals surface area contributed by atoms with Gasteiger partial charge in [0, 0.05) is 27.9 Å². The van der Waals surface area contributed by atoms with Crippen LogP contribution >= 0.6 is 34.8 Å². The Kier molecular flexibility index (Phi) is 6.37. The van der Waals surface area contributed by atoms with E-state index in [0.717, 1.165) is 5.56 Å². The highest BCUT2D eigenvalue weighted by Crippen LogP contribution is 2.32. The van der Waals surface area contributed by atoms with Crippen LogP contribution in [0.25, 0.3) is 0 Å². The average molecular weight is 426 g/mol. The zero-order chi connectivity index (χ0) is 19.4. The van der Waals surface area contributed by atoms with Crippen molar-refractivity contribution in [2.45, 2.75) is 19.4 Å². The van der Waals surface area contributed by atoms with Crippen LogP contribution in [-0.4, -0.2) is 23.5 Å². The molecule has 0 atom stereocenters. The summed E-state index contributed by atoms with van der Waals surface area (Å²) in [5, 5.41) is 4.79. The van der Waals surface area contributed by atoms with E-state index in [1.807, 2.05) is 6.07 Å². The van der Waals surface area contributed by atoms with Crippen LogP contribution in [0.4, 0.5) is 5.69 Å². The van der Waals surface area contributed by atoms with Crippen LogP contribution < -0.4 is 4.90 Å². The van der Waals surface area contributed by atoms with Gasteiger partial charge in [0.05, 0.1) is 12.2 Å². The number of para-hydroxylation sites is 1. The van der Waals surface area contributed by atoms with Crippen molar-refractivity contribution in [1.82, 2.24) is 0 Å². The van der Waals surface area contributed by atoms with E-state index in [2.05, 4.69) is 5.16 Å². The molecule has 0 saturated heterocycles. The van der Waals surface area contributed by atoms with Crippen LogP contribution in [0.5, 0.6) is 0 Å². The van der Waals surface area contributed by atoms with E-state index >= 15 is 0 Å². The molecular formula is C19H15Cl3N2O3. The normalized spacial score (nSPS) is 14.6. The second-order valence-electron chi connectivity index (χ2n) is 5.84. The van der Waals surface area contributed by atoms with Crippen molar-refractivity contribution in [3.63, 3.8) is 0 Å². The quantitative estimate of drug-likeness (QED) is 0.379. The smallest absolute Gasteiger partial charge is 0.317 e. The minimum Gasteiger partial charge on any atom is -0.317 e. The fourth-order valence-corrected chi connectivity index (χ4v) is 3.28. The van der Waals surface area contributed by atoms with Crippen molar-refractivity contribution in [3.8, 4) is 0 Å². The molecule has 27 heavy (non-hydrogen) atoms. The highest BCUT2D eigenvalue weighted by Gasteiger charge is 2.35. The molecule has 0 bridgehead atoms. The molecule has 1 amide bonds. The molecule has 1 aliphatic rings. The van der Waals surface area contributed by atoms with Gasteiger partial charge in [0.15, 0.2) is 5.71 Å². The molecule has 8 heteroatoms. The number of carbonyl (C=O) groups is 2. The molecule has 0 N–H and O–H groups in total. The Morgan fingerprint density at radius 3 is 2.67 bits per heavy atom. The maximum atomic E-state index is 12.9. The van der Waals surface area contributed by atoms with Crippen LogP contribution in [0.15, 0.2) is 47.6 Å². The molecule has 0 unspecified atom stereocenters. The third-order valence-electron chi connectivity index (χ3n) is 3.99. The molecule has 5 nitrogen and oxygen atoms in total. The molecule has 0 fully saturated rings. The zero-order valence-electron chi connectivity index (χ0n) is 14.1. The molecule has 1 heterocycles. The van der Waals surface area contributed by atoms with Gasteiger partial charge in [0.25, 0.3) is 5.91 Å². The van der Waals surface area contributed by atoms with Crippen molar-refractivity contribution in [2.75, 3.05) is 10.8 Å². The Bertz CT molecular complexity index is 915. The van der Waals surface area contributed by atoms with Gasteiger partial charge in [-0.3, -0.25) is 4.79 Å².